The van der Waals surface area contributed by atoms with Crippen LogP contribution in [0.25, 0.3) is 0 Å². The zero-order chi connectivity index (χ0) is 17.7. The van der Waals surface area contributed by atoms with E-state index in [4.69, 9.17) is 46.4 Å². The van der Waals surface area contributed by atoms with Crippen molar-refractivity contribution in [3.05, 3.63) is 56.0 Å². The topological polar surface area (TPSA) is 38.1 Å². The number of hydrogen-bond acceptors (Lipinski definition) is 5. The zero-order valence-corrected chi connectivity index (χ0v) is 17.4. The predicted octanol–water partition coefficient (Wildman–Crippen LogP) is 6.80. The maximum Gasteiger partial charge on any atom is 0.125 e. The van der Waals surface area contributed by atoms with Gasteiger partial charge in [-0.15, -0.1) is 0 Å². The van der Waals surface area contributed by atoms with Crippen LogP contribution in [-0.4, -0.2) is 21.4 Å². The Morgan fingerprint density at radius 2 is 1.83 bits per heavy atom. The number of thioether (sulfide) groups is 2. The highest BCUT2D eigenvalue weighted by atomic mass is 35.5. The molecular weight excluding hydrogens is 428 g/mol. The maximum atomic E-state index is 6.25. The molecule has 0 N–H and O–H groups in total. The minimum atomic E-state index is 0.124. The van der Waals surface area contributed by atoms with Gasteiger partial charge >= 0.3 is 0 Å². The number of aromatic nitrogens is 2. The fraction of sp³-hybridized carbons (Fsp3) is 0.267. The van der Waals surface area contributed by atoms with Gasteiger partial charge in [-0.25, -0.2) is 0 Å². The molecule has 0 aliphatic carbocycles. The van der Waals surface area contributed by atoms with Crippen LogP contribution in [-0.2, 0) is 5.75 Å². The van der Waals surface area contributed by atoms with Crippen LogP contribution < -0.4 is 0 Å². The third-order valence-corrected chi connectivity index (χ3v) is 7.14. The Morgan fingerprint density at radius 3 is 2.38 bits per heavy atom. The summed E-state index contributed by atoms with van der Waals surface area (Å²) in [6.45, 7) is 2.05. The van der Waals surface area contributed by atoms with Gasteiger partial charge in [0.15, 0.2) is 0 Å². The number of halogens is 4. The number of hydrogen-bond donors (Lipinski definition) is 0. The Morgan fingerprint density at radius 1 is 1.17 bits per heavy atom. The molecule has 24 heavy (non-hydrogen) atoms. The molecule has 3 nitrogen and oxygen atoms in total. The van der Waals surface area contributed by atoms with Crippen molar-refractivity contribution in [2.45, 2.75) is 17.9 Å². The Bertz CT molecular complexity index is 715. The summed E-state index contributed by atoms with van der Waals surface area (Å²) in [5.74, 6) is 0.519. The number of aliphatic imine (C=N–C) groups is 1. The summed E-state index contributed by atoms with van der Waals surface area (Å²) in [4.78, 5) is 12.7. The Hall–Kier alpha value is -0.170. The van der Waals surface area contributed by atoms with E-state index in [1.807, 2.05) is 0 Å². The summed E-state index contributed by atoms with van der Waals surface area (Å²) in [5, 5.41) is 1.73. The van der Waals surface area contributed by atoms with Crippen LogP contribution in [0.2, 0.25) is 20.1 Å². The molecule has 0 saturated heterocycles. The summed E-state index contributed by atoms with van der Waals surface area (Å²) >= 11 is 27.7. The van der Waals surface area contributed by atoms with Gasteiger partial charge < -0.3 is 0 Å². The lowest BCUT2D eigenvalue weighted by atomic mass is 10.2. The smallest absolute Gasteiger partial charge is 0.125 e. The fourth-order valence-corrected chi connectivity index (χ4v) is 5.13. The van der Waals surface area contributed by atoms with Gasteiger partial charge in [-0.05, 0) is 13.0 Å². The largest absolute Gasteiger partial charge is 0.275 e. The van der Waals surface area contributed by atoms with Gasteiger partial charge in [0.2, 0.25) is 0 Å². The van der Waals surface area contributed by atoms with Crippen molar-refractivity contribution in [3.8, 4) is 0 Å². The van der Waals surface area contributed by atoms with Gasteiger partial charge in [0, 0.05) is 37.0 Å². The molecule has 0 aliphatic heterocycles. The van der Waals surface area contributed by atoms with Crippen LogP contribution in [0.1, 0.15) is 23.4 Å². The van der Waals surface area contributed by atoms with Crippen LogP contribution in [0.5, 0.6) is 0 Å². The lowest BCUT2D eigenvalue weighted by Gasteiger charge is -2.13. The molecule has 0 saturated carbocycles. The Balaban J connectivity index is 2.08. The first-order valence-electron chi connectivity index (χ1n) is 6.78. The summed E-state index contributed by atoms with van der Waals surface area (Å²) in [6.07, 6.45) is 5.08. The summed E-state index contributed by atoms with van der Waals surface area (Å²) < 4.78 is 0.886. The molecule has 0 aliphatic rings. The van der Waals surface area contributed by atoms with Gasteiger partial charge in [0.05, 0.1) is 31.0 Å². The maximum absolute atomic E-state index is 6.25. The van der Waals surface area contributed by atoms with Crippen molar-refractivity contribution >= 4 is 74.3 Å². The van der Waals surface area contributed by atoms with E-state index in [0.29, 0.717) is 31.4 Å². The molecule has 1 aromatic heterocycles. The first-order valence-corrected chi connectivity index (χ1v) is 10.2. The highest BCUT2D eigenvalue weighted by Gasteiger charge is 2.17. The second-order valence-electron chi connectivity index (χ2n) is 4.62. The first kappa shape index (κ1) is 20.1. The third-order valence-electron chi connectivity index (χ3n) is 3.00. The second-order valence-corrected chi connectivity index (χ2v) is 8.74. The average molecular weight is 441 g/mol. The van der Waals surface area contributed by atoms with E-state index < -0.39 is 0 Å². The van der Waals surface area contributed by atoms with Gasteiger partial charge in [-0.2, -0.15) is 0 Å². The highest BCUT2D eigenvalue weighted by molar-refractivity contribution is 8.38. The van der Waals surface area contributed by atoms with Crippen molar-refractivity contribution in [1.29, 1.82) is 0 Å². The van der Waals surface area contributed by atoms with E-state index in [9.17, 15) is 0 Å². The molecule has 128 valence electrons. The average Bonchev–Trinajstić information content (AvgIpc) is 2.59. The minimum Gasteiger partial charge on any atom is -0.275 e. The number of rotatable bonds is 4. The van der Waals surface area contributed by atoms with Crippen molar-refractivity contribution in [3.63, 3.8) is 0 Å². The van der Waals surface area contributed by atoms with Crippen LogP contribution in [0, 0.1) is 0 Å². The van der Waals surface area contributed by atoms with Gasteiger partial charge in [0.1, 0.15) is 4.38 Å². The molecule has 0 radical (unpaired) electrons. The molecular formula is C15H13Cl4N3S2. The van der Waals surface area contributed by atoms with Gasteiger partial charge in [-0.3, -0.25) is 15.0 Å². The molecule has 0 fully saturated rings. The second kappa shape index (κ2) is 9.51. The van der Waals surface area contributed by atoms with E-state index in [0.717, 1.165) is 10.1 Å². The molecule has 9 heteroatoms. The normalized spacial score (nSPS) is 13.2. The first-order chi connectivity index (χ1) is 11.4. The van der Waals surface area contributed by atoms with Crippen molar-refractivity contribution in [2.24, 2.45) is 4.99 Å². The van der Waals surface area contributed by atoms with E-state index >= 15 is 0 Å². The monoisotopic (exact) mass is 439 g/mol. The van der Waals surface area contributed by atoms with Crippen molar-refractivity contribution in [1.82, 2.24) is 9.97 Å². The Kier molecular flexibility index (Phi) is 7.98. The van der Waals surface area contributed by atoms with E-state index in [-0.39, 0.29) is 5.25 Å². The molecule has 0 amide bonds. The number of benzene rings is 1. The van der Waals surface area contributed by atoms with Crippen LogP contribution in [0.15, 0.2) is 29.6 Å². The molecule has 1 unspecified atom stereocenters. The summed E-state index contributed by atoms with van der Waals surface area (Å²) in [7, 11) is 1.74. The quantitative estimate of drug-likeness (QED) is 0.297. The molecule has 0 spiro atoms. The molecule has 0 bridgehead atoms. The van der Waals surface area contributed by atoms with Crippen LogP contribution in [0.4, 0.5) is 0 Å². The SMILES string of the molecule is C/N=C(/SCc1c(Cl)c(Cl)cc(Cl)c1Cl)SC(C)c1cnccn1. The lowest BCUT2D eigenvalue weighted by molar-refractivity contribution is 0.981. The Labute approximate surface area is 169 Å². The zero-order valence-electron chi connectivity index (χ0n) is 12.8. The van der Waals surface area contributed by atoms with Crippen LogP contribution >= 0.6 is 69.9 Å². The summed E-state index contributed by atoms with van der Waals surface area (Å²) in [6, 6.07) is 1.54. The molecule has 2 aromatic rings. The van der Waals surface area contributed by atoms with Crippen molar-refractivity contribution in [2.75, 3.05) is 7.05 Å². The fourth-order valence-electron chi connectivity index (χ4n) is 1.77. The lowest BCUT2D eigenvalue weighted by Crippen LogP contribution is -1.98. The molecule has 1 aromatic carbocycles. The molecule has 1 atom stereocenters. The molecule has 1 heterocycles. The van der Waals surface area contributed by atoms with Crippen LogP contribution in [0.3, 0.4) is 0 Å². The predicted molar refractivity (Wildman–Crippen MR) is 109 cm³/mol. The van der Waals surface area contributed by atoms with Gasteiger partial charge in [0.25, 0.3) is 0 Å². The van der Waals surface area contributed by atoms with Gasteiger partial charge in [-0.1, -0.05) is 69.9 Å². The highest BCUT2D eigenvalue weighted by Crippen LogP contribution is 2.40. The third kappa shape index (κ3) is 5.16. The van der Waals surface area contributed by atoms with E-state index in [1.165, 1.54) is 11.8 Å². The van der Waals surface area contributed by atoms with E-state index in [2.05, 4.69) is 21.9 Å². The van der Waals surface area contributed by atoms with Crippen molar-refractivity contribution < 1.29 is 0 Å². The minimum absolute atomic E-state index is 0.124. The summed E-state index contributed by atoms with van der Waals surface area (Å²) in [5.41, 5.74) is 1.60. The standard InChI is InChI=1S/C15H13Cl4N3S2/c1-8(12-6-21-3-4-22-12)24-15(20-2)23-7-9-13(18)10(16)5-11(17)14(9)19/h3-6,8H,7H2,1-2H3/b20-15-. The number of nitrogens with zero attached hydrogens (tertiary/aromatic N) is 3. The van der Waals surface area contributed by atoms with E-state index in [1.54, 1.807) is 43.5 Å². The molecule has 2 rings (SSSR count).